The fourth-order valence-corrected chi connectivity index (χ4v) is 8.18. The zero-order chi connectivity index (χ0) is 26.7. The topological polar surface area (TPSA) is 59.9 Å². The Morgan fingerprint density at radius 2 is 1.11 bits per heavy atom. The second-order valence-electron chi connectivity index (χ2n) is 9.63. The van der Waals surface area contributed by atoms with Crippen LogP contribution in [0.25, 0.3) is 20.4 Å². The maximum Gasteiger partial charge on any atom is 0.196 e. The Morgan fingerprint density at radius 3 is 1.53 bits per heavy atom. The van der Waals surface area contributed by atoms with E-state index in [4.69, 9.17) is 0 Å². The van der Waals surface area contributed by atoms with E-state index in [1.165, 1.54) is 62.5 Å². The normalized spacial score (nSPS) is 11.5. The molecule has 0 unspecified atom stereocenters. The zero-order valence-corrected chi connectivity index (χ0v) is 25.6. The van der Waals surface area contributed by atoms with Gasteiger partial charge in [-0.1, -0.05) is 64.5 Å². The summed E-state index contributed by atoms with van der Waals surface area (Å²) in [5, 5.41) is -0.0374. The van der Waals surface area contributed by atoms with E-state index in [-0.39, 0.29) is 23.1 Å². The van der Waals surface area contributed by atoms with Gasteiger partial charge in [0.05, 0.1) is 20.4 Å². The van der Waals surface area contributed by atoms with E-state index in [2.05, 4.69) is 60.2 Å². The van der Waals surface area contributed by atoms with Crippen molar-refractivity contribution >= 4 is 76.9 Å². The molecule has 8 heteroatoms. The number of aromatic nitrogens is 2. The minimum atomic E-state index is -0.0187. The molecule has 0 atom stereocenters. The van der Waals surface area contributed by atoms with Gasteiger partial charge in [-0.05, 0) is 84.6 Å². The Morgan fingerprint density at radius 1 is 0.658 bits per heavy atom. The van der Waals surface area contributed by atoms with Crippen LogP contribution in [-0.2, 0) is 22.4 Å². The second-order valence-corrected chi connectivity index (χ2v) is 14.3. The van der Waals surface area contributed by atoms with Gasteiger partial charge in [-0.2, -0.15) is 0 Å². The molecule has 0 bridgehead atoms. The quantitative estimate of drug-likeness (QED) is 0.102. The third-order valence-electron chi connectivity index (χ3n) is 6.44. The monoisotopic (exact) mass is 584 g/mol. The Kier molecular flexibility index (Phi) is 11.7. The van der Waals surface area contributed by atoms with Crippen LogP contribution in [0.3, 0.4) is 0 Å². The number of rotatable bonds is 15. The van der Waals surface area contributed by atoms with Crippen LogP contribution in [-0.4, -0.2) is 20.2 Å². The van der Waals surface area contributed by atoms with Gasteiger partial charge in [0.25, 0.3) is 0 Å². The molecule has 0 saturated carbocycles. The minimum Gasteiger partial charge on any atom is -0.287 e. The predicted molar refractivity (Wildman–Crippen MR) is 166 cm³/mol. The Balaban J connectivity index is 1.24. The number of carbonyl (C=O) groups excluding carboxylic acids is 2. The van der Waals surface area contributed by atoms with Gasteiger partial charge in [0.1, 0.15) is 0 Å². The molecular weight excluding hydrogens is 549 g/mol. The highest BCUT2D eigenvalue weighted by atomic mass is 32.2. The van der Waals surface area contributed by atoms with Crippen molar-refractivity contribution in [3.63, 3.8) is 0 Å². The van der Waals surface area contributed by atoms with E-state index >= 15 is 0 Å². The number of unbranched alkanes of at least 4 members (excludes halogenated alkanes) is 6. The Labute approximate surface area is 242 Å². The molecule has 0 amide bonds. The lowest BCUT2D eigenvalue weighted by atomic mass is 10.1. The number of fused-ring (bicyclic) bond motifs is 2. The molecule has 0 aliphatic carbocycles. The maximum atomic E-state index is 12.6. The van der Waals surface area contributed by atoms with Crippen LogP contribution >= 0.6 is 46.2 Å². The summed E-state index contributed by atoms with van der Waals surface area (Å²) in [6, 6.07) is 12.9. The molecule has 202 valence electrons. The molecule has 4 rings (SSSR count). The average Bonchev–Trinajstić information content (AvgIpc) is 3.50. The van der Waals surface area contributed by atoms with Crippen LogP contribution in [0.5, 0.6) is 0 Å². The first-order valence-corrected chi connectivity index (χ1v) is 17.0. The molecule has 2 heterocycles. The number of aryl methyl sites for hydroxylation is 2. The highest BCUT2D eigenvalue weighted by Gasteiger charge is 2.15. The van der Waals surface area contributed by atoms with Gasteiger partial charge in [-0.15, -0.1) is 22.7 Å². The van der Waals surface area contributed by atoms with E-state index < -0.39 is 0 Å². The molecule has 38 heavy (non-hydrogen) atoms. The van der Waals surface area contributed by atoms with Crippen molar-refractivity contribution < 1.29 is 9.59 Å². The molecule has 0 aliphatic heterocycles. The molecule has 2 aromatic heterocycles. The van der Waals surface area contributed by atoms with Crippen molar-refractivity contribution in [3.05, 3.63) is 47.5 Å². The first-order chi connectivity index (χ1) is 18.5. The molecule has 0 N–H and O–H groups in total. The minimum absolute atomic E-state index is 0.0187. The third kappa shape index (κ3) is 8.90. The summed E-state index contributed by atoms with van der Waals surface area (Å²) in [6.07, 6.45) is 12.5. The molecular formula is C30H36N2O2S4. The van der Waals surface area contributed by atoms with Gasteiger partial charge in [0.15, 0.2) is 18.9 Å². The number of thiazole rings is 2. The smallest absolute Gasteiger partial charge is 0.196 e. The van der Waals surface area contributed by atoms with Crippen LogP contribution in [0.15, 0.2) is 45.1 Å². The number of hydrogen-bond donors (Lipinski definition) is 0. The van der Waals surface area contributed by atoms with E-state index in [9.17, 15) is 9.59 Å². The number of carbonyl (C=O) groups is 2. The lowest BCUT2D eigenvalue weighted by Crippen LogP contribution is -1.97. The van der Waals surface area contributed by atoms with Crippen molar-refractivity contribution in [3.8, 4) is 0 Å². The number of benzene rings is 2. The fourth-order valence-electron chi connectivity index (χ4n) is 4.31. The predicted octanol–water partition coefficient (Wildman–Crippen LogP) is 9.87. The van der Waals surface area contributed by atoms with E-state index in [0.717, 1.165) is 65.5 Å². The van der Waals surface area contributed by atoms with Crippen molar-refractivity contribution in [1.82, 2.24) is 9.97 Å². The SMILES string of the molecule is CCCCCCc1ccc2sc(SC(=O)CCC(=O)Sc3nc4cc(CCCCCC)ccc4s3)nc2c1. The first-order valence-electron chi connectivity index (χ1n) is 13.7. The summed E-state index contributed by atoms with van der Waals surface area (Å²) in [6.45, 7) is 4.45. The van der Waals surface area contributed by atoms with Gasteiger partial charge in [-0.25, -0.2) is 9.97 Å². The largest absolute Gasteiger partial charge is 0.287 e. The summed E-state index contributed by atoms with van der Waals surface area (Å²) in [4.78, 5) is 34.5. The van der Waals surface area contributed by atoms with Gasteiger partial charge in [-0.3, -0.25) is 9.59 Å². The summed E-state index contributed by atoms with van der Waals surface area (Å²) in [5.74, 6) is 0. The van der Waals surface area contributed by atoms with Crippen LogP contribution in [0.4, 0.5) is 0 Å². The lowest BCUT2D eigenvalue weighted by molar-refractivity contribution is -0.115. The highest BCUT2D eigenvalue weighted by Crippen LogP contribution is 2.34. The van der Waals surface area contributed by atoms with Crippen LogP contribution < -0.4 is 0 Å². The van der Waals surface area contributed by atoms with Gasteiger partial charge >= 0.3 is 0 Å². The van der Waals surface area contributed by atoms with Crippen molar-refractivity contribution in [2.45, 2.75) is 99.6 Å². The van der Waals surface area contributed by atoms with Crippen molar-refractivity contribution in [2.75, 3.05) is 0 Å². The van der Waals surface area contributed by atoms with Gasteiger partial charge in [0.2, 0.25) is 0 Å². The van der Waals surface area contributed by atoms with Crippen LogP contribution in [0.1, 0.15) is 89.2 Å². The van der Waals surface area contributed by atoms with Crippen molar-refractivity contribution in [1.29, 1.82) is 0 Å². The van der Waals surface area contributed by atoms with E-state index in [1.807, 2.05) is 0 Å². The standard InChI is InChI=1S/C30H36N2O2S4/c1-3-5-7-9-11-21-13-15-25-23(19-21)31-29(35-25)37-27(33)17-18-28(34)38-30-32-24-20-22(12-10-8-6-4-2)14-16-26(24)36-30/h13-16,19-20H,3-12,17-18H2,1-2H3. The average molecular weight is 585 g/mol. The lowest BCUT2D eigenvalue weighted by Gasteiger charge is -2.00. The molecule has 0 spiro atoms. The Bertz CT molecular complexity index is 1260. The first kappa shape index (κ1) is 29.2. The molecule has 0 aliphatic rings. The van der Waals surface area contributed by atoms with Crippen LogP contribution in [0, 0.1) is 0 Å². The summed E-state index contributed by atoms with van der Waals surface area (Å²) >= 11 is 5.41. The zero-order valence-electron chi connectivity index (χ0n) is 22.3. The fraction of sp³-hybridized carbons (Fsp3) is 0.467. The van der Waals surface area contributed by atoms with Crippen LogP contribution in [0.2, 0.25) is 0 Å². The number of thioether (sulfide) groups is 2. The molecule has 0 saturated heterocycles. The summed E-state index contributed by atoms with van der Waals surface area (Å²) < 4.78 is 3.71. The summed E-state index contributed by atoms with van der Waals surface area (Å²) in [5.41, 5.74) is 4.54. The highest BCUT2D eigenvalue weighted by molar-refractivity contribution is 8.15. The molecule has 2 aromatic carbocycles. The van der Waals surface area contributed by atoms with E-state index in [1.54, 1.807) is 22.7 Å². The summed E-state index contributed by atoms with van der Waals surface area (Å²) in [7, 11) is 0. The second kappa shape index (κ2) is 15.2. The van der Waals surface area contributed by atoms with Crippen molar-refractivity contribution in [2.24, 2.45) is 0 Å². The maximum absolute atomic E-state index is 12.6. The third-order valence-corrected chi connectivity index (χ3v) is 10.5. The molecule has 4 aromatic rings. The van der Waals surface area contributed by atoms with Gasteiger partial charge < -0.3 is 0 Å². The molecule has 0 radical (unpaired) electrons. The molecule has 0 fully saturated rings. The van der Waals surface area contributed by atoms with Gasteiger partial charge in [0, 0.05) is 12.8 Å². The number of hydrogen-bond acceptors (Lipinski definition) is 8. The number of nitrogens with zero attached hydrogens (tertiary/aromatic N) is 2. The van der Waals surface area contributed by atoms with E-state index in [0.29, 0.717) is 0 Å². The molecule has 4 nitrogen and oxygen atoms in total. The Hall–Kier alpha value is -1.74.